The van der Waals surface area contributed by atoms with Gasteiger partial charge in [-0.2, -0.15) is 0 Å². The van der Waals surface area contributed by atoms with Gasteiger partial charge in [0.15, 0.2) is 0 Å². The summed E-state index contributed by atoms with van der Waals surface area (Å²) in [5, 5.41) is 4.17. The minimum absolute atomic E-state index is 0.268. The molecule has 0 aliphatic carbocycles. The lowest BCUT2D eigenvalue weighted by atomic mass is 10.2. The van der Waals surface area contributed by atoms with Crippen LogP contribution >= 0.6 is 7.14 Å². The average Bonchev–Trinajstić information content (AvgIpc) is 2.26. The summed E-state index contributed by atoms with van der Waals surface area (Å²) in [6.45, 7) is 9.38. The molecule has 1 N–H and O–H groups in total. The molecule has 2 aromatic heterocycles. The Balaban J connectivity index is 2.68. The lowest BCUT2D eigenvalue weighted by Crippen LogP contribution is -2.14. The molecule has 0 spiro atoms. The summed E-state index contributed by atoms with van der Waals surface area (Å²) < 4.78 is 12.1. The lowest BCUT2D eigenvalue weighted by molar-refractivity contribution is 0.588. The number of fused-ring (bicyclic) bond motifs is 1. The Morgan fingerprint density at radius 3 is 2.53 bits per heavy atom. The van der Waals surface area contributed by atoms with Gasteiger partial charge in [-0.15, -0.1) is 0 Å². The maximum absolute atomic E-state index is 12.1. The number of aromatic nitrogens is 3. The number of hydrogen-bond donors (Lipinski definition) is 1. The largest absolute Gasteiger partial charge is 0.367 e. The van der Waals surface area contributed by atoms with Crippen LogP contribution in [-0.2, 0) is 4.57 Å². The average molecular weight is 278 g/mol. The number of pyridine rings is 1. The van der Waals surface area contributed by atoms with E-state index in [1.54, 1.807) is 19.5 Å². The highest BCUT2D eigenvalue weighted by atomic mass is 31.2. The summed E-state index contributed by atoms with van der Waals surface area (Å²) in [4.78, 5) is 13.0. The van der Waals surface area contributed by atoms with Gasteiger partial charge in [0.25, 0.3) is 0 Å². The van der Waals surface area contributed by atoms with Crippen molar-refractivity contribution >= 4 is 29.3 Å². The maximum Gasteiger partial charge on any atom is 0.137 e. The molecule has 6 heteroatoms. The molecule has 5 nitrogen and oxygen atoms in total. The molecule has 0 aromatic carbocycles. The Labute approximate surface area is 113 Å². The number of anilines is 1. The molecule has 0 radical (unpaired) electrons. The predicted molar refractivity (Wildman–Crippen MR) is 79.9 cm³/mol. The van der Waals surface area contributed by atoms with Gasteiger partial charge in [0, 0.05) is 11.4 Å². The van der Waals surface area contributed by atoms with Gasteiger partial charge in [-0.25, -0.2) is 9.97 Å². The van der Waals surface area contributed by atoms with Crippen LogP contribution in [0.25, 0.3) is 10.9 Å². The van der Waals surface area contributed by atoms with E-state index in [4.69, 9.17) is 0 Å². The van der Waals surface area contributed by atoms with E-state index in [-0.39, 0.29) is 6.04 Å². The van der Waals surface area contributed by atoms with Crippen LogP contribution in [0, 0.1) is 6.92 Å². The van der Waals surface area contributed by atoms with Gasteiger partial charge in [0.05, 0.1) is 11.7 Å². The van der Waals surface area contributed by atoms with E-state index >= 15 is 0 Å². The highest BCUT2D eigenvalue weighted by molar-refractivity contribution is 7.69. The molecule has 0 atom stereocenters. The summed E-state index contributed by atoms with van der Waals surface area (Å²) in [5.41, 5.74) is 1.38. The first-order valence-corrected chi connectivity index (χ1v) is 8.84. The minimum Gasteiger partial charge on any atom is -0.367 e. The predicted octanol–water partition coefficient (Wildman–Crippen LogP) is 2.40. The molecule has 19 heavy (non-hydrogen) atoms. The Bertz CT molecular complexity index is 663. The van der Waals surface area contributed by atoms with Gasteiger partial charge < -0.3 is 9.88 Å². The molecule has 0 unspecified atom stereocenters. The van der Waals surface area contributed by atoms with Crippen molar-refractivity contribution in [3.8, 4) is 0 Å². The molecule has 0 amide bonds. The maximum atomic E-state index is 12.1. The number of hydrogen-bond acceptors (Lipinski definition) is 5. The van der Waals surface area contributed by atoms with Crippen molar-refractivity contribution in [1.82, 2.24) is 15.0 Å². The molecule has 0 aliphatic heterocycles. The van der Waals surface area contributed by atoms with E-state index in [9.17, 15) is 4.57 Å². The summed E-state index contributed by atoms with van der Waals surface area (Å²) in [5.74, 6) is 1.47. The zero-order valence-corrected chi connectivity index (χ0v) is 12.8. The van der Waals surface area contributed by atoms with Crippen molar-refractivity contribution < 1.29 is 4.57 Å². The monoisotopic (exact) mass is 278 g/mol. The lowest BCUT2D eigenvalue weighted by Gasteiger charge is -2.13. The topological polar surface area (TPSA) is 67.8 Å². The van der Waals surface area contributed by atoms with Crippen LogP contribution in [0.2, 0.25) is 0 Å². The second kappa shape index (κ2) is 4.89. The number of rotatable bonds is 3. The van der Waals surface area contributed by atoms with Crippen LogP contribution < -0.4 is 10.8 Å². The van der Waals surface area contributed by atoms with Crippen LogP contribution in [0.1, 0.15) is 19.7 Å². The molecule has 2 aromatic rings. The Hall–Kier alpha value is -1.48. The Morgan fingerprint density at radius 2 is 1.95 bits per heavy atom. The van der Waals surface area contributed by atoms with Crippen molar-refractivity contribution in [1.29, 1.82) is 0 Å². The van der Waals surface area contributed by atoms with Gasteiger partial charge in [-0.1, -0.05) is 0 Å². The third-order valence-corrected chi connectivity index (χ3v) is 4.00. The van der Waals surface area contributed by atoms with Crippen LogP contribution in [0.5, 0.6) is 0 Å². The molecular formula is C13H19N4OP. The standard InChI is InChI=1S/C13H19N4OP/c1-8(2)15-13-10-6-12(19(4,5)18)14-7-11(10)16-9(3)17-13/h6-8H,1-5H3,(H,15,16,17). The third kappa shape index (κ3) is 3.10. The first-order valence-electron chi connectivity index (χ1n) is 6.24. The molecule has 2 heterocycles. The van der Waals surface area contributed by atoms with Gasteiger partial charge in [-0.05, 0) is 40.2 Å². The fourth-order valence-corrected chi connectivity index (χ4v) is 2.59. The first kappa shape index (κ1) is 13.9. The first-order chi connectivity index (χ1) is 8.77. The normalized spacial score (nSPS) is 12.1. The van der Waals surface area contributed by atoms with Crippen molar-refractivity contribution in [2.24, 2.45) is 0 Å². The van der Waals surface area contributed by atoms with Crippen molar-refractivity contribution in [3.63, 3.8) is 0 Å². The van der Waals surface area contributed by atoms with E-state index < -0.39 is 7.14 Å². The van der Waals surface area contributed by atoms with Crippen LogP contribution in [0.4, 0.5) is 5.82 Å². The van der Waals surface area contributed by atoms with Crippen molar-refractivity contribution in [2.45, 2.75) is 26.8 Å². The van der Waals surface area contributed by atoms with Gasteiger partial charge in [-0.3, -0.25) is 4.98 Å². The van der Waals surface area contributed by atoms with Crippen molar-refractivity contribution in [2.75, 3.05) is 18.6 Å². The van der Waals surface area contributed by atoms with Gasteiger partial charge >= 0.3 is 0 Å². The summed E-state index contributed by atoms with van der Waals surface area (Å²) >= 11 is 0. The van der Waals surface area contributed by atoms with Crippen LogP contribution in [0.15, 0.2) is 12.3 Å². The van der Waals surface area contributed by atoms with E-state index in [1.807, 2.05) is 13.0 Å². The highest BCUT2D eigenvalue weighted by Crippen LogP contribution is 2.34. The second-order valence-corrected chi connectivity index (χ2v) is 8.49. The Kier molecular flexibility index (Phi) is 3.59. The van der Waals surface area contributed by atoms with E-state index in [1.165, 1.54) is 0 Å². The van der Waals surface area contributed by atoms with Gasteiger partial charge in [0.2, 0.25) is 0 Å². The smallest absolute Gasteiger partial charge is 0.137 e. The SMILES string of the molecule is Cc1nc(NC(C)C)c2cc(P(C)(C)=O)ncc2n1. The molecule has 102 valence electrons. The molecule has 0 bridgehead atoms. The minimum atomic E-state index is -2.38. The summed E-state index contributed by atoms with van der Waals surface area (Å²) in [6.07, 6.45) is 1.67. The van der Waals surface area contributed by atoms with E-state index in [2.05, 4.69) is 34.1 Å². The fraction of sp³-hybridized carbons (Fsp3) is 0.462. The molecular weight excluding hydrogens is 259 g/mol. The van der Waals surface area contributed by atoms with Crippen molar-refractivity contribution in [3.05, 3.63) is 18.1 Å². The number of aryl methyl sites for hydroxylation is 1. The summed E-state index contributed by atoms with van der Waals surface area (Å²) in [6, 6.07) is 2.10. The highest BCUT2D eigenvalue weighted by Gasteiger charge is 2.16. The Morgan fingerprint density at radius 1 is 1.26 bits per heavy atom. The molecule has 2 rings (SSSR count). The number of nitrogens with zero attached hydrogens (tertiary/aromatic N) is 3. The fourth-order valence-electron chi connectivity index (χ4n) is 1.82. The van der Waals surface area contributed by atoms with E-state index in [0.717, 1.165) is 16.7 Å². The molecule has 0 saturated heterocycles. The molecule has 0 saturated carbocycles. The summed E-state index contributed by atoms with van der Waals surface area (Å²) in [7, 11) is -2.38. The van der Waals surface area contributed by atoms with Crippen LogP contribution in [-0.4, -0.2) is 34.3 Å². The second-order valence-electron chi connectivity index (χ2n) is 5.33. The van der Waals surface area contributed by atoms with Crippen LogP contribution in [0.3, 0.4) is 0 Å². The van der Waals surface area contributed by atoms with Gasteiger partial charge in [0.1, 0.15) is 24.2 Å². The molecule has 0 aliphatic rings. The number of nitrogens with one attached hydrogen (secondary N) is 1. The van der Waals surface area contributed by atoms with E-state index in [0.29, 0.717) is 11.3 Å². The molecule has 0 fully saturated rings. The zero-order chi connectivity index (χ0) is 14.2. The third-order valence-electron chi connectivity index (χ3n) is 2.66. The quantitative estimate of drug-likeness (QED) is 0.873. The zero-order valence-electron chi connectivity index (χ0n) is 11.9.